The largest absolute Gasteiger partial charge is 0.374 e. The molecule has 0 radical (unpaired) electrons. The van der Waals surface area contributed by atoms with E-state index in [0.717, 1.165) is 11.1 Å². The lowest BCUT2D eigenvalue weighted by Gasteiger charge is -2.22. The Morgan fingerprint density at radius 1 is 1.67 bits per heavy atom. The molecule has 5 nitrogen and oxygen atoms in total. The molecule has 0 bridgehead atoms. The van der Waals surface area contributed by atoms with Crippen molar-refractivity contribution in [2.24, 2.45) is 5.73 Å². The summed E-state index contributed by atoms with van der Waals surface area (Å²) in [5, 5.41) is 9.11. The Kier molecular flexibility index (Phi) is 4.83. The summed E-state index contributed by atoms with van der Waals surface area (Å²) in [6.07, 6.45) is -0.366. The number of hydrogen-bond acceptors (Lipinski definition) is 3. The van der Waals surface area contributed by atoms with Crippen molar-refractivity contribution in [1.82, 2.24) is 5.43 Å². The van der Waals surface area contributed by atoms with Gasteiger partial charge >= 0.3 is 0 Å². The van der Waals surface area contributed by atoms with Crippen molar-refractivity contribution < 1.29 is 9.18 Å². The summed E-state index contributed by atoms with van der Waals surface area (Å²) in [4.78, 5) is 11.3. The molecule has 8 heteroatoms. The van der Waals surface area contributed by atoms with E-state index in [1.54, 1.807) is 6.07 Å². The van der Waals surface area contributed by atoms with Gasteiger partial charge in [-0.15, -0.1) is 0 Å². The van der Waals surface area contributed by atoms with E-state index >= 15 is 0 Å². The fourth-order valence-corrected chi connectivity index (χ4v) is 1.38. The highest BCUT2D eigenvalue weighted by Crippen LogP contribution is 2.20. The van der Waals surface area contributed by atoms with Crippen molar-refractivity contribution in [2.45, 2.75) is 6.42 Å². The summed E-state index contributed by atoms with van der Waals surface area (Å²) in [6.45, 7) is 0. The van der Waals surface area contributed by atoms with Crippen LogP contribution in [0.3, 0.4) is 0 Å². The molecule has 0 unspecified atom stereocenters. The molecule has 1 rings (SSSR count). The maximum Gasteiger partial charge on any atom is 0.253 e. The summed E-state index contributed by atoms with van der Waals surface area (Å²) in [5.41, 5.74) is 7.89. The van der Waals surface area contributed by atoms with E-state index in [1.165, 1.54) is 12.1 Å². The Morgan fingerprint density at radius 3 is 2.83 bits per heavy atom. The predicted octanol–water partition coefficient (Wildman–Crippen LogP) is 1.47. The van der Waals surface area contributed by atoms with Gasteiger partial charge in [-0.1, -0.05) is 11.6 Å². The van der Waals surface area contributed by atoms with Crippen LogP contribution in [0, 0.1) is 17.1 Å². The van der Waals surface area contributed by atoms with Gasteiger partial charge in [0.25, 0.3) is 5.91 Å². The Hall–Kier alpha value is -1.91. The molecule has 0 spiro atoms. The van der Waals surface area contributed by atoms with Gasteiger partial charge in [0.1, 0.15) is 12.2 Å². The van der Waals surface area contributed by atoms with Crippen LogP contribution in [0.5, 0.6) is 0 Å². The van der Waals surface area contributed by atoms with Crippen LogP contribution in [-0.4, -0.2) is 11.0 Å². The molecule has 0 saturated carbocycles. The molecular weight excluding hydrogens is 279 g/mol. The number of hydrazine groups is 1. The Balaban J connectivity index is 2.98. The van der Waals surface area contributed by atoms with Crippen LogP contribution in [0.4, 0.5) is 10.1 Å². The molecule has 0 heterocycles. The zero-order valence-corrected chi connectivity index (χ0v) is 10.6. The third-order valence-corrected chi connectivity index (χ3v) is 2.35. The third kappa shape index (κ3) is 3.55. The number of nitrogens with one attached hydrogen (secondary N) is 1. The Bertz CT molecular complexity index is 531. The highest BCUT2D eigenvalue weighted by atomic mass is 35.5. The van der Waals surface area contributed by atoms with E-state index in [0.29, 0.717) is 0 Å². The van der Waals surface area contributed by atoms with Crippen LogP contribution in [0.2, 0.25) is 5.02 Å². The van der Waals surface area contributed by atoms with Gasteiger partial charge in [-0.25, -0.2) is 9.40 Å². The van der Waals surface area contributed by atoms with E-state index in [2.05, 4.69) is 5.43 Å². The quantitative estimate of drug-likeness (QED) is 0.635. The normalized spacial score (nSPS) is 9.39. The summed E-state index contributed by atoms with van der Waals surface area (Å²) in [5.74, 6) is -1.29. The lowest BCUT2D eigenvalue weighted by Crippen LogP contribution is -2.49. The molecular formula is C10H8ClFN4OS. The van der Waals surface area contributed by atoms with Gasteiger partial charge < -0.3 is 5.73 Å². The number of nitriles is 1. The van der Waals surface area contributed by atoms with E-state index in [4.69, 9.17) is 34.8 Å². The van der Waals surface area contributed by atoms with Crippen LogP contribution in [0.15, 0.2) is 18.2 Å². The van der Waals surface area contributed by atoms with E-state index in [1.807, 2.05) is 0 Å². The number of hydrogen-bond donors (Lipinski definition) is 2. The molecule has 1 aromatic carbocycles. The minimum atomic E-state index is -0.676. The second-order valence-corrected chi connectivity index (χ2v) is 3.97. The van der Waals surface area contributed by atoms with Crippen molar-refractivity contribution in [3.63, 3.8) is 0 Å². The number of nitrogens with zero attached hydrogens (tertiary/aromatic N) is 2. The predicted molar refractivity (Wildman–Crippen MR) is 69.0 cm³/mol. The first kappa shape index (κ1) is 14.2. The second-order valence-electron chi connectivity index (χ2n) is 3.14. The van der Waals surface area contributed by atoms with Gasteiger partial charge in [0.15, 0.2) is 5.11 Å². The fourth-order valence-electron chi connectivity index (χ4n) is 1.11. The van der Waals surface area contributed by atoms with Gasteiger partial charge in [0.2, 0.25) is 0 Å². The lowest BCUT2D eigenvalue weighted by atomic mass is 10.3. The fraction of sp³-hybridized carbons (Fsp3) is 0.100. The number of carbonyl (C=O) groups is 1. The molecule has 0 fully saturated rings. The number of thiocarbonyl (C=S) groups is 1. The van der Waals surface area contributed by atoms with Gasteiger partial charge in [-0.2, -0.15) is 5.26 Å². The number of carbonyl (C=O) groups excluding carboxylic acids is 1. The highest BCUT2D eigenvalue weighted by Gasteiger charge is 2.14. The monoisotopic (exact) mass is 286 g/mol. The molecule has 94 valence electrons. The van der Waals surface area contributed by atoms with Crippen molar-refractivity contribution in [1.29, 1.82) is 5.26 Å². The molecule has 1 aromatic rings. The molecule has 18 heavy (non-hydrogen) atoms. The van der Waals surface area contributed by atoms with E-state index < -0.39 is 11.7 Å². The minimum absolute atomic E-state index is 0.0648. The maximum atomic E-state index is 13.3. The van der Waals surface area contributed by atoms with Crippen molar-refractivity contribution in [2.75, 3.05) is 5.01 Å². The molecule has 1 amide bonds. The molecule has 0 aliphatic heterocycles. The Morgan fingerprint density at radius 2 is 2.33 bits per heavy atom. The molecule has 0 aromatic heterocycles. The summed E-state index contributed by atoms with van der Waals surface area (Å²) >= 11 is 10.3. The second kappa shape index (κ2) is 6.14. The maximum absolute atomic E-state index is 13.3. The van der Waals surface area contributed by atoms with Crippen LogP contribution in [-0.2, 0) is 4.79 Å². The van der Waals surface area contributed by atoms with Crippen molar-refractivity contribution in [3.8, 4) is 6.07 Å². The standard InChI is InChI=1S/C10H8ClFN4OS/c11-7-2-1-6(5-8(7)12)16(10(14)18)15-9(17)3-4-13/h1-2,5H,3H2,(H2,14,18)(H,15,17). The van der Waals surface area contributed by atoms with Crippen LogP contribution in [0.1, 0.15) is 6.42 Å². The van der Waals surface area contributed by atoms with Gasteiger partial charge in [-0.05, 0) is 24.4 Å². The van der Waals surface area contributed by atoms with Crippen molar-refractivity contribution >= 4 is 40.5 Å². The number of anilines is 1. The number of amides is 1. The molecule has 0 aliphatic rings. The topological polar surface area (TPSA) is 82.2 Å². The molecule has 0 saturated heterocycles. The van der Waals surface area contributed by atoms with Gasteiger partial charge in [0, 0.05) is 6.07 Å². The summed E-state index contributed by atoms with van der Waals surface area (Å²) in [6, 6.07) is 5.46. The molecule has 3 N–H and O–H groups in total. The average molecular weight is 287 g/mol. The minimum Gasteiger partial charge on any atom is -0.374 e. The van der Waals surface area contributed by atoms with Gasteiger partial charge in [-0.3, -0.25) is 10.2 Å². The van der Waals surface area contributed by atoms with Gasteiger partial charge in [0.05, 0.1) is 16.8 Å². The van der Waals surface area contributed by atoms with Crippen molar-refractivity contribution in [3.05, 3.63) is 29.0 Å². The van der Waals surface area contributed by atoms with E-state index in [9.17, 15) is 9.18 Å². The van der Waals surface area contributed by atoms with Crippen LogP contribution >= 0.6 is 23.8 Å². The number of rotatable bonds is 2. The van der Waals surface area contributed by atoms with E-state index in [-0.39, 0.29) is 22.2 Å². The molecule has 0 aliphatic carbocycles. The first-order chi connectivity index (χ1) is 8.45. The number of nitrogens with two attached hydrogens (primary N) is 1. The van der Waals surface area contributed by atoms with Crippen LogP contribution < -0.4 is 16.2 Å². The number of benzene rings is 1. The third-order valence-electron chi connectivity index (χ3n) is 1.86. The zero-order chi connectivity index (χ0) is 13.7. The highest BCUT2D eigenvalue weighted by molar-refractivity contribution is 7.80. The first-order valence-electron chi connectivity index (χ1n) is 4.66. The molecule has 0 atom stereocenters. The smallest absolute Gasteiger partial charge is 0.253 e. The SMILES string of the molecule is N#CCC(=O)NN(C(N)=S)c1ccc(Cl)c(F)c1. The Labute approximate surface area is 113 Å². The zero-order valence-electron chi connectivity index (χ0n) is 8.98. The number of halogens is 2. The first-order valence-corrected chi connectivity index (χ1v) is 5.45. The lowest BCUT2D eigenvalue weighted by molar-refractivity contribution is -0.120. The summed E-state index contributed by atoms with van der Waals surface area (Å²) < 4.78 is 13.3. The average Bonchev–Trinajstić information content (AvgIpc) is 2.30. The van der Waals surface area contributed by atoms with Crippen LogP contribution in [0.25, 0.3) is 0 Å². The summed E-state index contributed by atoms with van der Waals surface area (Å²) in [7, 11) is 0.